The molecule has 2 aromatic rings. The van der Waals surface area contributed by atoms with E-state index in [1.165, 1.54) is 7.11 Å². The highest BCUT2D eigenvalue weighted by molar-refractivity contribution is 7.98. The summed E-state index contributed by atoms with van der Waals surface area (Å²) in [6.07, 6.45) is 1.97. The van der Waals surface area contributed by atoms with E-state index < -0.39 is 0 Å². The SMILES string of the molecule is COc1cc(SC)ccc1C(=O)NNC(=S)NCc1ccccc1. The molecule has 0 aliphatic carbocycles. The summed E-state index contributed by atoms with van der Waals surface area (Å²) < 4.78 is 5.27. The summed E-state index contributed by atoms with van der Waals surface area (Å²) in [7, 11) is 1.54. The Kier molecular flexibility index (Phi) is 6.89. The average Bonchev–Trinajstić information content (AvgIpc) is 2.64. The Morgan fingerprint density at radius 2 is 1.92 bits per heavy atom. The third kappa shape index (κ3) is 5.14. The van der Waals surface area contributed by atoms with Gasteiger partial charge in [0, 0.05) is 11.4 Å². The lowest BCUT2D eigenvalue weighted by Gasteiger charge is -2.13. The van der Waals surface area contributed by atoms with E-state index in [0.29, 0.717) is 23.0 Å². The Labute approximate surface area is 151 Å². The third-order valence-corrected chi connectivity index (χ3v) is 4.21. The molecule has 0 aliphatic rings. The first-order valence-electron chi connectivity index (χ1n) is 7.24. The van der Waals surface area contributed by atoms with Crippen LogP contribution in [0.2, 0.25) is 0 Å². The van der Waals surface area contributed by atoms with Gasteiger partial charge in [-0.3, -0.25) is 15.6 Å². The van der Waals surface area contributed by atoms with Gasteiger partial charge in [-0.25, -0.2) is 0 Å². The fourth-order valence-corrected chi connectivity index (χ4v) is 2.54. The summed E-state index contributed by atoms with van der Waals surface area (Å²) in [5.74, 6) is 0.202. The number of methoxy groups -OCH3 is 1. The van der Waals surface area contributed by atoms with Crippen LogP contribution in [-0.2, 0) is 6.54 Å². The zero-order valence-corrected chi connectivity index (χ0v) is 15.1. The highest BCUT2D eigenvalue weighted by Crippen LogP contribution is 2.25. The molecule has 5 nitrogen and oxygen atoms in total. The molecule has 0 spiro atoms. The molecule has 0 aliphatic heterocycles. The molecule has 0 heterocycles. The smallest absolute Gasteiger partial charge is 0.273 e. The number of hydrogen-bond acceptors (Lipinski definition) is 4. The number of hydrogen-bond donors (Lipinski definition) is 3. The van der Waals surface area contributed by atoms with Crippen molar-refractivity contribution in [2.24, 2.45) is 0 Å². The first-order chi connectivity index (χ1) is 11.6. The Morgan fingerprint density at radius 3 is 2.58 bits per heavy atom. The minimum Gasteiger partial charge on any atom is -0.496 e. The van der Waals surface area contributed by atoms with Crippen LogP contribution in [0.1, 0.15) is 15.9 Å². The highest BCUT2D eigenvalue weighted by Gasteiger charge is 2.13. The van der Waals surface area contributed by atoms with Gasteiger partial charge < -0.3 is 10.1 Å². The maximum Gasteiger partial charge on any atom is 0.273 e. The second-order valence-electron chi connectivity index (χ2n) is 4.81. The molecule has 3 N–H and O–H groups in total. The van der Waals surface area contributed by atoms with E-state index in [0.717, 1.165) is 10.5 Å². The molecule has 7 heteroatoms. The third-order valence-electron chi connectivity index (χ3n) is 3.24. The lowest BCUT2D eigenvalue weighted by Crippen LogP contribution is -2.46. The predicted octanol–water partition coefficient (Wildman–Crippen LogP) is 2.73. The van der Waals surface area contributed by atoms with Gasteiger partial charge in [0.15, 0.2) is 5.11 Å². The number of carbonyl (C=O) groups is 1. The van der Waals surface area contributed by atoms with Gasteiger partial charge in [-0.15, -0.1) is 11.8 Å². The first kappa shape index (κ1) is 18.1. The highest BCUT2D eigenvalue weighted by atomic mass is 32.2. The number of thiocarbonyl (C=S) groups is 1. The van der Waals surface area contributed by atoms with Gasteiger partial charge in [-0.05, 0) is 42.2 Å². The standard InChI is InChI=1S/C17H19N3O2S2/c1-22-15-10-13(24-2)8-9-14(15)16(21)19-20-17(23)18-11-12-6-4-3-5-7-12/h3-10H,11H2,1-2H3,(H,19,21)(H2,18,20,23). The van der Waals surface area contributed by atoms with Crippen LogP contribution in [0.5, 0.6) is 5.75 Å². The molecule has 0 unspecified atom stereocenters. The summed E-state index contributed by atoms with van der Waals surface area (Å²) in [4.78, 5) is 13.3. The largest absolute Gasteiger partial charge is 0.496 e. The maximum absolute atomic E-state index is 12.3. The molecule has 1 amide bonds. The zero-order valence-electron chi connectivity index (χ0n) is 13.5. The van der Waals surface area contributed by atoms with E-state index in [1.807, 2.05) is 48.7 Å². The van der Waals surface area contributed by atoms with E-state index in [1.54, 1.807) is 17.8 Å². The van der Waals surface area contributed by atoms with Crippen LogP contribution in [0.25, 0.3) is 0 Å². The van der Waals surface area contributed by atoms with Gasteiger partial charge in [0.2, 0.25) is 0 Å². The number of rotatable bonds is 5. The van der Waals surface area contributed by atoms with E-state index in [2.05, 4.69) is 16.2 Å². The molecule has 0 bridgehead atoms. The van der Waals surface area contributed by atoms with Crippen LogP contribution < -0.4 is 20.9 Å². The predicted molar refractivity (Wildman–Crippen MR) is 101 cm³/mol. The number of ether oxygens (including phenoxy) is 1. The summed E-state index contributed by atoms with van der Waals surface area (Å²) in [5, 5.41) is 3.36. The van der Waals surface area contributed by atoms with Crippen molar-refractivity contribution in [2.45, 2.75) is 11.4 Å². The zero-order chi connectivity index (χ0) is 17.4. The van der Waals surface area contributed by atoms with Crippen LogP contribution >= 0.6 is 24.0 Å². The van der Waals surface area contributed by atoms with Gasteiger partial charge in [0.25, 0.3) is 5.91 Å². The Balaban J connectivity index is 1.87. The number of amides is 1. The van der Waals surface area contributed by atoms with Crippen molar-refractivity contribution in [2.75, 3.05) is 13.4 Å². The van der Waals surface area contributed by atoms with Crippen LogP contribution in [0, 0.1) is 0 Å². The topological polar surface area (TPSA) is 62.4 Å². The Morgan fingerprint density at radius 1 is 1.17 bits per heavy atom. The van der Waals surface area contributed by atoms with Gasteiger partial charge >= 0.3 is 0 Å². The number of carbonyl (C=O) groups excluding carboxylic acids is 1. The van der Waals surface area contributed by atoms with Gasteiger partial charge in [0.05, 0.1) is 12.7 Å². The summed E-state index contributed by atoms with van der Waals surface area (Å²) in [5.41, 5.74) is 6.80. The van der Waals surface area contributed by atoms with Crippen molar-refractivity contribution in [1.29, 1.82) is 0 Å². The Bertz CT molecular complexity index is 708. The van der Waals surface area contributed by atoms with E-state index in [9.17, 15) is 4.79 Å². The van der Waals surface area contributed by atoms with Gasteiger partial charge in [0.1, 0.15) is 5.75 Å². The average molecular weight is 361 g/mol. The molecule has 2 rings (SSSR count). The molecule has 0 saturated heterocycles. The molecule has 0 atom stereocenters. The number of nitrogens with one attached hydrogen (secondary N) is 3. The van der Waals surface area contributed by atoms with Crippen LogP contribution in [-0.4, -0.2) is 24.4 Å². The summed E-state index contributed by atoms with van der Waals surface area (Å²) >= 11 is 6.73. The molecule has 0 radical (unpaired) electrons. The minimum atomic E-state index is -0.316. The quantitative estimate of drug-likeness (QED) is 0.432. The molecule has 0 aromatic heterocycles. The van der Waals surface area contributed by atoms with Gasteiger partial charge in [-0.1, -0.05) is 30.3 Å². The second kappa shape index (κ2) is 9.14. The van der Waals surface area contributed by atoms with E-state index in [4.69, 9.17) is 17.0 Å². The number of hydrazine groups is 1. The Hall–Kier alpha value is -2.25. The lowest BCUT2D eigenvalue weighted by atomic mass is 10.2. The monoisotopic (exact) mass is 361 g/mol. The molecular formula is C17H19N3O2S2. The van der Waals surface area contributed by atoms with Crippen molar-refractivity contribution in [3.05, 3.63) is 59.7 Å². The fraction of sp³-hybridized carbons (Fsp3) is 0.176. The second-order valence-corrected chi connectivity index (χ2v) is 6.10. The van der Waals surface area contributed by atoms with Crippen molar-refractivity contribution in [1.82, 2.24) is 16.2 Å². The van der Waals surface area contributed by atoms with Crippen molar-refractivity contribution in [3.8, 4) is 5.75 Å². The van der Waals surface area contributed by atoms with Crippen molar-refractivity contribution in [3.63, 3.8) is 0 Å². The number of thioether (sulfide) groups is 1. The van der Waals surface area contributed by atoms with E-state index >= 15 is 0 Å². The van der Waals surface area contributed by atoms with Crippen LogP contribution in [0.3, 0.4) is 0 Å². The number of benzene rings is 2. The fourth-order valence-electron chi connectivity index (χ4n) is 1.99. The summed E-state index contributed by atoms with van der Waals surface area (Å²) in [6, 6.07) is 15.3. The maximum atomic E-state index is 12.3. The molecular weight excluding hydrogens is 342 g/mol. The molecule has 126 valence electrons. The minimum absolute atomic E-state index is 0.316. The lowest BCUT2D eigenvalue weighted by molar-refractivity contribution is 0.0940. The van der Waals surface area contributed by atoms with Crippen LogP contribution in [0.15, 0.2) is 53.4 Å². The molecule has 2 aromatic carbocycles. The van der Waals surface area contributed by atoms with E-state index in [-0.39, 0.29) is 5.91 Å². The van der Waals surface area contributed by atoms with Crippen molar-refractivity contribution >= 4 is 35.0 Å². The summed E-state index contributed by atoms with van der Waals surface area (Å²) in [6.45, 7) is 0.578. The molecule has 0 saturated carbocycles. The van der Waals surface area contributed by atoms with Crippen molar-refractivity contribution < 1.29 is 9.53 Å². The normalized spacial score (nSPS) is 9.92. The van der Waals surface area contributed by atoms with Crippen LogP contribution in [0.4, 0.5) is 0 Å². The van der Waals surface area contributed by atoms with Gasteiger partial charge in [-0.2, -0.15) is 0 Å². The first-order valence-corrected chi connectivity index (χ1v) is 8.87. The molecule has 0 fully saturated rings. The molecule has 24 heavy (non-hydrogen) atoms.